The maximum Gasteiger partial charge on any atom is 0.0716 e. The van der Waals surface area contributed by atoms with Crippen LogP contribution in [0.15, 0.2) is 30.3 Å². The van der Waals surface area contributed by atoms with Gasteiger partial charge in [0.15, 0.2) is 0 Å². The van der Waals surface area contributed by atoms with E-state index in [4.69, 9.17) is 4.74 Å². The van der Waals surface area contributed by atoms with Crippen LogP contribution in [-0.2, 0) is 22.1 Å². The van der Waals surface area contributed by atoms with Gasteiger partial charge in [-0.3, -0.25) is 4.21 Å². The van der Waals surface area contributed by atoms with Crippen molar-refractivity contribution in [2.24, 2.45) is 0 Å². The number of hydrogen-bond acceptors (Lipinski definition) is 3. The quantitative estimate of drug-likeness (QED) is 0.818. The van der Waals surface area contributed by atoms with Crippen LogP contribution in [0.4, 0.5) is 0 Å². The first kappa shape index (κ1) is 16.2. The Labute approximate surface area is 135 Å². The molecule has 122 valence electrons. The van der Waals surface area contributed by atoms with E-state index in [0.717, 1.165) is 38.5 Å². The molecule has 4 heteroatoms. The molecule has 2 atom stereocenters. The van der Waals surface area contributed by atoms with E-state index in [-0.39, 0.29) is 10.5 Å². The molecule has 2 unspecified atom stereocenters. The SMILES string of the molecule is O=S1C2CCCC1CC(O)(CCCOCc1ccccc1)C2. The molecule has 2 heterocycles. The molecule has 1 aromatic carbocycles. The molecule has 0 aliphatic carbocycles. The van der Waals surface area contributed by atoms with Crippen LogP contribution < -0.4 is 0 Å². The third kappa shape index (κ3) is 3.98. The molecular formula is C18H26O3S. The maximum atomic E-state index is 12.2. The summed E-state index contributed by atoms with van der Waals surface area (Å²) >= 11 is 0. The number of aliphatic hydroxyl groups is 1. The van der Waals surface area contributed by atoms with E-state index in [0.29, 0.717) is 13.2 Å². The molecule has 2 saturated heterocycles. The lowest BCUT2D eigenvalue weighted by Crippen LogP contribution is -2.49. The third-order valence-electron chi connectivity index (χ3n) is 4.97. The van der Waals surface area contributed by atoms with Crippen molar-refractivity contribution in [2.45, 2.75) is 67.7 Å². The number of ether oxygens (including phenoxy) is 1. The van der Waals surface area contributed by atoms with Crippen molar-refractivity contribution in [3.8, 4) is 0 Å². The van der Waals surface area contributed by atoms with E-state index in [1.165, 1.54) is 12.0 Å². The van der Waals surface area contributed by atoms with Gasteiger partial charge in [-0.25, -0.2) is 0 Å². The van der Waals surface area contributed by atoms with Crippen LogP contribution in [0.3, 0.4) is 0 Å². The van der Waals surface area contributed by atoms with Gasteiger partial charge in [-0.15, -0.1) is 0 Å². The first-order valence-electron chi connectivity index (χ1n) is 8.40. The molecule has 2 aliphatic rings. The van der Waals surface area contributed by atoms with Gasteiger partial charge in [0, 0.05) is 27.9 Å². The van der Waals surface area contributed by atoms with Crippen molar-refractivity contribution >= 4 is 10.8 Å². The average Bonchev–Trinajstić information content (AvgIpc) is 2.50. The number of rotatable bonds is 6. The van der Waals surface area contributed by atoms with Gasteiger partial charge < -0.3 is 9.84 Å². The maximum absolute atomic E-state index is 12.2. The Morgan fingerprint density at radius 3 is 2.55 bits per heavy atom. The van der Waals surface area contributed by atoms with Crippen molar-refractivity contribution in [2.75, 3.05) is 6.61 Å². The lowest BCUT2D eigenvalue weighted by Gasteiger charge is -2.43. The van der Waals surface area contributed by atoms with Crippen molar-refractivity contribution in [3.05, 3.63) is 35.9 Å². The molecule has 1 aromatic rings. The third-order valence-corrected chi connectivity index (χ3v) is 7.09. The fourth-order valence-electron chi connectivity index (χ4n) is 3.85. The highest BCUT2D eigenvalue weighted by atomic mass is 32.2. The van der Waals surface area contributed by atoms with Crippen LogP contribution in [0, 0.1) is 0 Å². The Balaban J connectivity index is 1.40. The summed E-state index contributed by atoms with van der Waals surface area (Å²) in [6, 6.07) is 10.2. The molecular weight excluding hydrogens is 296 g/mol. The van der Waals surface area contributed by atoms with E-state index >= 15 is 0 Å². The highest BCUT2D eigenvalue weighted by Crippen LogP contribution is 2.41. The van der Waals surface area contributed by atoms with Crippen LogP contribution in [0.2, 0.25) is 0 Å². The van der Waals surface area contributed by atoms with E-state index in [9.17, 15) is 9.32 Å². The van der Waals surface area contributed by atoms with Gasteiger partial charge in [0.2, 0.25) is 0 Å². The molecule has 0 spiro atoms. The van der Waals surface area contributed by atoms with Gasteiger partial charge in [-0.1, -0.05) is 36.8 Å². The Bertz CT molecular complexity index is 486. The van der Waals surface area contributed by atoms with Crippen molar-refractivity contribution in [1.29, 1.82) is 0 Å². The Hall–Kier alpha value is -0.710. The molecule has 0 saturated carbocycles. The van der Waals surface area contributed by atoms with Crippen molar-refractivity contribution in [3.63, 3.8) is 0 Å². The lowest BCUT2D eigenvalue weighted by molar-refractivity contribution is -0.00692. The zero-order chi connectivity index (χ0) is 15.4. The largest absolute Gasteiger partial charge is 0.390 e. The highest BCUT2D eigenvalue weighted by Gasteiger charge is 2.44. The molecule has 0 aromatic heterocycles. The van der Waals surface area contributed by atoms with E-state index < -0.39 is 16.4 Å². The van der Waals surface area contributed by atoms with Crippen molar-refractivity contribution in [1.82, 2.24) is 0 Å². The number of benzene rings is 1. The summed E-state index contributed by atoms with van der Waals surface area (Å²) in [6.07, 6.45) is 6.30. The molecule has 2 aliphatic heterocycles. The second-order valence-corrected chi connectivity index (χ2v) is 8.77. The van der Waals surface area contributed by atoms with E-state index in [2.05, 4.69) is 12.1 Å². The lowest BCUT2D eigenvalue weighted by atomic mass is 9.82. The van der Waals surface area contributed by atoms with Gasteiger partial charge in [0.05, 0.1) is 12.2 Å². The topological polar surface area (TPSA) is 46.5 Å². The van der Waals surface area contributed by atoms with Crippen LogP contribution in [0.25, 0.3) is 0 Å². The Kier molecular flexibility index (Phi) is 5.32. The van der Waals surface area contributed by atoms with Crippen LogP contribution in [0.5, 0.6) is 0 Å². The van der Waals surface area contributed by atoms with Crippen LogP contribution in [0.1, 0.15) is 50.5 Å². The average molecular weight is 322 g/mol. The molecule has 3 nitrogen and oxygen atoms in total. The van der Waals surface area contributed by atoms with E-state index in [1.807, 2.05) is 18.2 Å². The van der Waals surface area contributed by atoms with Gasteiger partial charge in [0.1, 0.15) is 0 Å². The first-order valence-corrected chi connectivity index (χ1v) is 9.67. The summed E-state index contributed by atoms with van der Waals surface area (Å²) < 4.78 is 17.9. The first-order chi connectivity index (χ1) is 10.7. The van der Waals surface area contributed by atoms with Crippen LogP contribution in [-0.4, -0.2) is 32.0 Å². The predicted octanol–water partition coefficient (Wildman–Crippen LogP) is 3.18. The predicted molar refractivity (Wildman–Crippen MR) is 89.1 cm³/mol. The highest BCUT2D eigenvalue weighted by molar-refractivity contribution is 7.86. The summed E-state index contributed by atoms with van der Waals surface area (Å²) in [7, 11) is -0.708. The summed E-state index contributed by atoms with van der Waals surface area (Å²) in [5, 5.41) is 11.3. The van der Waals surface area contributed by atoms with Gasteiger partial charge in [-0.2, -0.15) is 0 Å². The van der Waals surface area contributed by atoms with Crippen molar-refractivity contribution < 1.29 is 14.1 Å². The smallest absolute Gasteiger partial charge is 0.0716 e. The molecule has 1 N–H and O–H groups in total. The second-order valence-electron chi connectivity index (χ2n) is 6.78. The van der Waals surface area contributed by atoms with Crippen LogP contribution >= 0.6 is 0 Å². The molecule has 0 amide bonds. The standard InChI is InChI=1S/C18H26O3S/c19-18(12-16-8-4-9-17(13-18)22(16)20)10-5-11-21-14-15-6-2-1-3-7-15/h1-3,6-7,16-17,19H,4-5,8-14H2. The minimum Gasteiger partial charge on any atom is -0.390 e. The fourth-order valence-corrected chi connectivity index (χ4v) is 6.14. The fraction of sp³-hybridized carbons (Fsp3) is 0.667. The monoisotopic (exact) mass is 322 g/mol. The summed E-state index contributed by atoms with van der Waals surface area (Å²) in [6.45, 7) is 1.31. The summed E-state index contributed by atoms with van der Waals surface area (Å²) in [5.41, 5.74) is 0.573. The minimum atomic E-state index is -0.708. The summed E-state index contributed by atoms with van der Waals surface area (Å²) in [4.78, 5) is 0. The summed E-state index contributed by atoms with van der Waals surface area (Å²) in [5.74, 6) is 0. The zero-order valence-electron chi connectivity index (χ0n) is 13.1. The second kappa shape index (κ2) is 7.24. The number of fused-ring (bicyclic) bond motifs is 2. The molecule has 3 rings (SSSR count). The molecule has 2 fully saturated rings. The van der Waals surface area contributed by atoms with E-state index in [1.54, 1.807) is 0 Å². The van der Waals surface area contributed by atoms with Gasteiger partial charge in [-0.05, 0) is 44.1 Å². The molecule has 2 bridgehead atoms. The van der Waals surface area contributed by atoms with Gasteiger partial charge in [0.25, 0.3) is 0 Å². The molecule has 0 radical (unpaired) electrons. The minimum absolute atomic E-state index is 0.225. The molecule has 22 heavy (non-hydrogen) atoms. The Morgan fingerprint density at radius 2 is 1.86 bits per heavy atom. The normalized spacial score (nSPS) is 34.5. The zero-order valence-corrected chi connectivity index (χ0v) is 13.9. The number of hydrogen-bond donors (Lipinski definition) is 1. The van der Waals surface area contributed by atoms with Gasteiger partial charge >= 0.3 is 0 Å². The Morgan fingerprint density at radius 1 is 1.18 bits per heavy atom.